The number of carboxylic acids is 1. The van der Waals surface area contributed by atoms with Gasteiger partial charge in [0.15, 0.2) is 0 Å². The lowest BCUT2D eigenvalue weighted by atomic mass is 10.2. The fourth-order valence-electron chi connectivity index (χ4n) is 2.32. The molecular formula is C15H19F2N3O3S. The van der Waals surface area contributed by atoms with Crippen molar-refractivity contribution in [3.05, 3.63) is 18.2 Å². The van der Waals surface area contributed by atoms with Gasteiger partial charge in [-0.3, -0.25) is 4.79 Å². The fraction of sp³-hybridized carbons (Fsp3) is 0.467. The summed E-state index contributed by atoms with van der Waals surface area (Å²) in [6.45, 7) is 0.446. The monoisotopic (exact) mass is 359 g/mol. The Bertz CT molecular complexity index is 601. The maximum atomic E-state index is 12.7. The van der Waals surface area contributed by atoms with Crippen molar-refractivity contribution in [1.82, 2.24) is 5.32 Å². The molecule has 0 aliphatic carbocycles. The number of halogens is 2. The molecule has 6 nitrogen and oxygen atoms in total. The molecule has 0 saturated carbocycles. The Labute approximate surface area is 142 Å². The van der Waals surface area contributed by atoms with Crippen LogP contribution >= 0.6 is 11.8 Å². The van der Waals surface area contributed by atoms with Crippen molar-refractivity contribution in [2.24, 2.45) is 0 Å². The van der Waals surface area contributed by atoms with Crippen molar-refractivity contribution < 1.29 is 23.5 Å². The second-order valence-electron chi connectivity index (χ2n) is 5.25. The van der Waals surface area contributed by atoms with Crippen LogP contribution in [-0.4, -0.2) is 48.9 Å². The lowest BCUT2D eigenvalue weighted by Crippen LogP contribution is -2.34. The zero-order valence-electron chi connectivity index (χ0n) is 12.9. The van der Waals surface area contributed by atoms with Gasteiger partial charge in [-0.05, 0) is 24.6 Å². The predicted octanol–water partition coefficient (Wildman–Crippen LogP) is 2.85. The van der Waals surface area contributed by atoms with Crippen LogP contribution in [0.15, 0.2) is 23.1 Å². The SMILES string of the molecule is O=C(O)CCCNC(=O)Nc1ccc2c(c1)N(CC(F)F)CCS2. The number of benzene rings is 1. The van der Waals surface area contributed by atoms with E-state index in [1.54, 1.807) is 34.9 Å². The van der Waals surface area contributed by atoms with E-state index in [0.717, 1.165) is 10.6 Å². The Hall–Kier alpha value is -2.03. The van der Waals surface area contributed by atoms with Gasteiger partial charge in [-0.25, -0.2) is 13.6 Å². The van der Waals surface area contributed by atoms with Crippen LogP contribution in [0.1, 0.15) is 12.8 Å². The van der Waals surface area contributed by atoms with Gasteiger partial charge in [0, 0.05) is 35.8 Å². The number of carbonyl (C=O) groups excluding carboxylic acids is 1. The summed E-state index contributed by atoms with van der Waals surface area (Å²) >= 11 is 1.60. The molecule has 2 rings (SSSR count). The standard InChI is InChI=1S/C15H19F2N3O3S/c16-13(17)9-20-6-7-24-12-4-3-10(8-11(12)20)19-15(23)18-5-1-2-14(21)22/h3-4,8,13H,1-2,5-7,9H2,(H,21,22)(H2,18,19,23). The highest BCUT2D eigenvalue weighted by atomic mass is 32.2. The first-order valence-electron chi connectivity index (χ1n) is 7.52. The third kappa shape index (κ3) is 5.55. The van der Waals surface area contributed by atoms with Gasteiger partial charge in [-0.1, -0.05) is 0 Å². The molecule has 0 bridgehead atoms. The summed E-state index contributed by atoms with van der Waals surface area (Å²) in [4.78, 5) is 24.7. The van der Waals surface area contributed by atoms with Crippen LogP contribution in [0.3, 0.4) is 0 Å². The number of urea groups is 1. The number of carbonyl (C=O) groups is 2. The Balaban J connectivity index is 1.94. The van der Waals surface area contributed by atoms with Crippen LogP contribution in [0.4, 0.5) is 25.0 Å². The summed E-state index contributed by atoms with van der Waals surface area (Å²) in [6, 6.07) is 4.75. The second kappa shape index (κ2) is 8.72. The number of amides is 2. The molecule has 24 heavy (non-hydrogen) atoms. The van der Waals surface area contributed by atoms with Gasteiger partial charge in [0.2, 0.25) is 0 Å². The van der Waals surface area contributed by atoms with Crippen LogP contribution in [0.2, 0.25) is 0 Å². The molecule has 0 fully saturated rings. The molecule has 0 aromatic heterocycles. The predicted molar refractivity (Wildman–Crippen MR) is 89.3 cm³/mol. The first kappa shape index (κ1) is 18.3. The van der Waals surface area contributed by atoms with Crippen molar-refractivity contribution in [2.75, 3.05) is 35.6 Å². The van der Waals surface area contributed by atoms with Gasteiger partial charge in [0.1, 0.15) is 0 Å². The second-order valence-corrected chi connectivity index (χ2v) is 6.38. The Morgan fingerprint density at radius 3 is 2.88 bits per heavy atom. The van der Waals surface area contributed by atoms with Gasteiger partial charge in [-0.15, -0.1) is 11.8 Å². The highest BCUT2D eigenvalue weighted by molar-refractivity contribution is 7.99. The molecule has 9 heteroatoms. The number of anilines is 2. The third-order valence-electron chi connectivity index (χ3n) is 3.39. The van der Waals surface area contributed by atoms with Crippen molar-refractivity contribution in [2.45, 2.75) is 24.2 Å². The number of hydrogen-bond acceptors (Lipinski definition) is 4. The zero-order chi connectivity index (χ0) is 17.5. The number of carboxylic acid groups (broad SMARTS) is 1. The van der Waals surface area contributed by atoms with Crippen LogP contribution in [0.5, 0.6) is 0 Å². The van der Waals surface area contributed by atoms with E-state index in [1.165, 1.54) is 0 Å². The lowest BCUT2D eigenvalue weighted by Gasteiger charge is -2.31. The average Bonchev–Trinajstić information content (AvgIpc) is 2.51. The average molecular weight is 359 g/mol. The Kier molecular flexibility index (Phi) is 6.65. The molecule has 0 spiro atoms. The van der Waals surface area contributed by atoms with E-state index < -0.39 is 18.4 Å². The molecule has 1 aliphatic heterocycles. The highest BCUT2D eigenvalue weighted by Crippen LogP contribution is 2.36. The Morgan fingerprint density at radius 1 is 1.38 bits per heavy atom. The molecule has 0 radical (unpaired) electrons. The molecule has 3 N–H and O–H groups in total. The van der Waals surface area contributed by atoms with E-state index in [4.69, 9.17) is 5.11 Å². The zero-order valence-corrected chi connectivity index (χ0v) is 13.7. The summed E-state index contributed by atoms with van der Waals surface area (Å²) in [5, 5.41) is 13.7. The molecular weight excluding hydrogens is 340 g/mol. The number of alkyl halides is 2. The van der Waals surface area contributed by atoms with Gasteiger partial charge in [0.05, 0.1) is 12.2 Å². The van der Waals surface area contributed by atoms with E-state index in [9.17, 15) is 18.4 Å². The van der Waals surface area contributed by atoms with E-state index >= 15 is 0 Å². The van der Waals surface area contributed by atoms with Gasteiger partial charge in [-0.2, -0.15) is 0 Å². The van der Waals surface area contributed by atoms with Crippen LogP contribution in [0, 0.1) is 0 Å². The van der Waals surface area contributed by atoms with E-state index in [-0.39, 0.29) is 19.5 Å². The van der Waals surface area contributed by atoms with Crippen molar-refractivity contribution in [3.63, 3.8) is 0 Å². The van der Waals surface area contributed by atoms with Gasteiger partial charge in [0.25, 0.3) is 6.43 Å². The molecule has 0 unspecified atom stereocenters. The highest BCUT2D eigenvalue weighted by Gasteiger charge is 2.21. The van der Waals surface area contributed by atoms with E-state index in [0.29, 0.717) is 24.3 Å². The lowest BCUT2D eigenvalue weighted by molar-refractivity contribution is -0.137. The quantitative estimate of drug-likeness (QED) is 0.652. The number of thioether (sulfide) groups is 1. The maximum absolute atomic E-state index is 12.7. The summed E-state index contributed by atoms with van der Waals surface area (Å²) in [6.07, 6.45) is -2.10. The van der Waals surface area contributed by atoms with Crippen molar-refractivity contribution in [3.8, 4) is 0 Å². The fourth-order valence-corrected chi connectivity index (χ4v) is 3.36. The molecule has 2 amide bonds. The number of fused-ring (bicyclic) bond motifs is 1. The Morgan fingerprint density at radius 2 is 2.17 bits per heavy atom. The molecule has 1 aromatic carbocycles. The normalized spacial score (nSPS) is 13.5. The molecule has 132 valence electrons. The van der Waals surface area contributed by atoms with Crippen LogP contribution in [0.25, 0.3) is 0 Å². The summed E-state index contributed by atoms with van der Waals surface area (Å²) in [5.74, 6) is -0.167. The number of rotatable bonds is 7. The topological polar surface area (TPSA) is 81.7 Å². The number of aliphatic carboxylic acids is 1. The van der Waals surface area contributed by atoms with Crippen molar-refractivity contribution >= 4 is 35.1 Å². The minimum Gasteiger partial charge on any atom is -0.481 e. The number of nitrogens with zero attached hydrogens (tertiary/aromatic N) is 1. The molecule has 1 heterocycles. The minimum atomic E-state index is -2.42. The number of hydrogen-bond donors (Lipinski definition) is 3. The van der Waals surface area contributed by atoms with Gasteiger partial charge < -0.3 is 20.6 Å². The minimum absolute atomic E-state index is 0.0149. The molecule has 1 aromatic rings. The first-order chi connectivity index (χ1) is 11.5. The van der Waals surface area contributed by atoms with Crippen LogP contribution in [-0.2, 0) is 4.79 Å². The van der Waals surface area contributed by atoms with Gasteiger partial charge >= 0.3 is 12.0 Å². The third-order valence-corrected chi connectivity index (χ3v) is 4.43. The number of nitrogens with one attached hydrogen (secondary N) is 2. The van der Waals surface area contributed by atoms with Crippen LogP contribution < -0.4 is 15.5 Å². The van der Waals surface area contributed by atoms with E-state index in [1.807, 2.05) is 0 Å². The first-order valence-corrected chi connectivity index (χ1v) is 8.51. The summed E-state index contributed by atoms with van der Waals surface area (Å²) in [5.41, 5.74) is 1.20. The maximum Gasteiger partial charge on any atom is 0.319 e. The van der Waals surface area contributed by atoms with Crippen molar-refractivity contribution in [1.29, 1.82) is 0 Å². The van der Waals surface area contributed by atoms with E-state index in [2.05, 4.69) is 10.6 Å². The smallest absolute Gasteiger partial charge is 0.319 e. The largest absolute Gasteiger partial charge is 0.481 e. The summed E-state index contributed by atoms with van der Waals surface area (Å²) < 4.78 is 25.4. The molecule has 1 aliphatic rings. The molecule has 0 atom stereocenters. The summed E-state index contributed by atoms with van der Waals surface area (Å²) in [7, 11) is 0. The molecule has 0 saturated heterocycles.